The van der Waals surface area contributed by atoms with E-state index in [0.29, 0.717) is 12.1 Å². The third-order valence-corrected chi connectivity index (χ3v) is 2.32. The standard InChI is InChI=1S/C13H17NO2/c1-4-9-14(10(2)3)13(16)11-5-7-12(15)8-6-11/h4-8,10,15H,1,9H2,2-3H3. The summed E-state index contributed by atoms with van der Waals surface area (Å²) in [5.74, 6) is 0.117. The second-order valence-electron chi connectivity index (χ2n) is 3.89. The third kappa shape index (κ3) is 2.86. The molecule has 86 valence electrons. The lowest BCUT2D eigenvalue weighted by molar-refractivity contribution is 0.0729. The molecule has 16 heavy (non-hydrogen) atoms. The van der Waals surface area contributed by atoms with E-state index in [0.717, 1.165) is 0 Å². The molecule has 0 aromatic heterocycles. The van der Waals surface area contributed by atoms with Gasteiger partial charge < -0.3 is 10.0 Å². The van der Waals surface area contributed by atoms with Gasteiger partial charge in [0.1, 0.15) is 5.75 Å². The van der Waals surface area contributed by atoms with E-state index in [9.17, 15) is 4.79 Å². The Hall–Kier alpha value is -1.77. The summed E-state index contributed by atoms with van der Waals surface area (Å²) in [6.45, 7) is 8.08. The molecule has 3 nitrogen and oxygen atoms in total. The Morgan fingerprint density at radius 1 is 1.44 bits per heavy atom. The molecular weight excluding hydrogens is 202 g/mol. The first-order chi connectivity index (χ1) is 7.56. The maximum atomic E-state index is 12.1. The third-order valence-electron chi connectivity index (χ3n) is 2.32. The van der Waals surface area contributed by atoms with Gasteiger partial charge >= 0.3 is 0 Å². The summed E-state index contributed by atoms with van der Waals surface area (Å²) in [6, 6.07) is 6.39. The van der Waals surface area contributed by atoms with Crippen molar-refractivity contribution in [2.24, 2.45) is 0 Å². The summed E-state index contributed by atoms with van der Waals surface area (Å²) in [4.78, 5) is 13.8. The lowest BCUT2D eigenvalue weighted by Gasteiger charge is -2.25. The summed E-state index contributed by atoms with van der Waals surface area (Å²) in [5.41, 5.74) is 0.577. The minimum atomic E-state index is -0.0464. The van der Waals surface area contributed by atoms with Crippen LogP contribution in [0.2, 0.25) is 0 Å². The zero-order valence-corrected chi connectivity index (χ0v) is 9.68. The predicted octanol–water partition coefficient (Wildman–Crippen LogP) is 2.43. The highest BCUT2D eigenvalue weighted by molar-refractivity contribution is 5.94. The van der Waals surface area contributed by atoms with Crippen LogP contribution in [0.1, 0.15) is 24.2 Å². The fourth-order valence-corrected chi connectivity index (χ4v) is 1.44. The molecule has 0 heterocycles. The van der Waals surface area contributed by atoms with E-state index >= 15 is 0 Å². The van der Waals surface area contributed by atoms with Gasteiger partial charge in [0.2, 0.25) is 0 Å². The monoisotopic (exact) mass is 219 g/mol. The van der Waals surface area contributed by atoms with Crippen molar-refractivity contribution in [1.29, 1.82) is 0 Å². The molecule has 1 N–H and O–H groups in total. The van der Waals surface area contributed by atoms with Crippen LogP contribution in [0.5, 0.6) is 5.75 Å². The van der Waals surface area contributed by atoms with E-state index in [1.807, 2.05) is 13.8 Å². The molecular formula is C13H17NO2. The van der Waals surface area contributed by atoms with E-state index in [1.54, 1.807) is 23.1 Å². The molecule has 0 aliphatic rings. The largest absolute Gasteiger partial charge is 0.508 e. The Balaban J connectivity index is 2.89. The number of carbonyl (C=O) groups excluding carboxylic acids is 1. The quantitative estimate of drug-likeness (QED) is 0.790. The SMILES string of the molecule is C=CCN(C(=O)c1ccc(O)cc1)C(C)C. The molecule has 0 aliphatic carbocycles. The average molecular weight is 219 g/mol. The highest BCUT2D eigenvalue weighted by Gasteiger charge is 2.16. The highest BCUT2D eigenvalue weighted by atomic mass is 16.3. The van der Waals surface area contributed by atoms with E-state index in [2.05, 4.69) is 6.58 Å². The number of carbonyl (C=O) groups is 1. The molecule has 3 heteroatoms. The van der Waals surface area contributed by atoms with Crippen molar-refractivity contribution >= 4 is 5.91 Å². The average Bonchev–Trinajstić information content (AvgIpc) is 2.25. The summed E-state index contributed by atoms with van der Waals surface area (Å²) < 4.78 is 0. The molecule has 0 saturated carbocycles. The molecule has 0 radical (unpaired) electrons. The number of phenolic OH excluding ortho intramolecular Hbond substituents is 1. The van der Waals surface area contributed by atoms with E-state index < -0.39 is 0 Å². The molecule has 0 spiro atoms. The summed E-state index contributed by atoms with van der Waals surface area (Å²) in [7, 11) is 0. The van der Waals surface area contributed by atoms with Crippen LogP contribution in [0, 0.1) is 0 Å². The van der Waals surface area contributed by atoms with E-state index in [4.69, 9.17) is 5.11 Å². The van der Waals surface area contributed by atoms with E-state index in [-0.39, 0.29) is 17.7 Å². The predicted molar refractivity (Wildman–Crippen MR) is 64.5 cm³/mol. The number of amides is 1. The Morgan fingerprint density at radius 2 is 2.00 bits per heavy atom. The van der Waals surface area contributed by atoms with Gasteiger partial charge in [-0.1, -0.05) is 6.08 Å². The molecule has 1 aromatic carbocycles. The van der Waals surface area contributed by atoms with Crippen molar-refractivity contribution in [2.75, 3.05) is 6.54 Å². The number of benzene rings is 1. The molecule has 1 amide bonds. The number of phenols is 1. The Morgan fingerprint density at radius 3 is 2.44 bits per heavy atom. The van der Waals surface area contributed by atoms with Crippen LogP contribution in [0.4, 0.5) is 0 Å². The Bertz CT molecular complexity index is 368. The summed E-state index contributed by atoms with van der Waals surface area (Å²) in [5, 5.41) is 9.15. The van der Waals surface area contributed by atoms with Gasteiger partial charge in [-0.3, -0.25) is 4.79 Å². The van der Waals surface area contributed by atoms with Gasteiger partial charge in [0.25, 0.3) is 5.91 Å². The zero-order chi connectivity index (χ0) is 12.1. The van der Waals surface area contributed by atoms with Gasteiger partial charge in [0, 0.05) is 18.2 Å². The van der Waals surface area contributed by atoms with Crippen LogP contribution in [-0.2, 0) is 0 Å². The number of hydrogen-bond acceptors (Lipinski definition) is 2. The van der Waals surface area contributed by atoms with E-state index in [1.165, 1.54) is 12.1 Å². The normalized spacial score (nSPS) is 10.2. The van der Waals surface area contributed by atoms with Crippen LogP contribution < -0.4 is 0 Å². The second kappa shape index (κ2) is 5.35. The summed E-state index contributed by atoms with van der Waals surface area (Å²) in [6.07, 6.45) is 1.71. The number of nitrogens with zero attached hydrogens (tertiary/aromatic N) is 1. The van der Waals surface area contributed by atoms with Crippen LogP contribution in [0.15, 0.2) is 36.9 Å². The molecule has 0 aliphatic heterocycles. The minimum absolute atomic E-state index is 0.0464. The van der Waals surface area contributed by atoms with Gasteiger partial charge in [-0.05, 0) is 38.1 Å². The van der Waals surface area contributed by atoms with Gasteiger partial charge in [0.05, 0.1) is 0 Å². The number of hydrogen-bond donors (Lipinski definition) is 1. The summed E-state index contributed by atoms with van der Waals surface area (Å²) >= 11 is 0. The molecule has 0 bridgehead atoms. The number of aromatic hydroxyl groups is 1. The molecule has 0 unspecified atom stereocenters. The fraction of sp³-hybridized carbons (Fsp3) is 0.308. The van der Waals surface area contributed by atoms with Crippen molar-refractivity contribution in [3.63, 3.8) is 0 Å². The Labute approximate surface area is 96.0 Å². The van der Waals surface area contributed by atoms with Crippen LogP contribution in [-0.4, -0.2) is 28.5 Å². The van der Waals surface area contributed by atoms with Gasteiger partial charge in [-0.25, -0.2) is 0 Å². The van der Waals surface area contributed by atoms with Gasteiger partial charge in [-0.15, -0.1) is 6.58 Å². The van der Waals surface area contributed by atoms with Crippen molar-refractivity contribution < 1.29 is 9.90 Å². The fourth-order valence-electron chi connectivity index (χ4n) is 1.44. The van der Waals surface area contributed by atoms with Crippen molar-refractivity contribution in [1.82, 2.24) is 4.90 Å². The maximum Gasteiger partial charge on any atom is 0.254 e. The van der Waals surface area contributed by atoms with Crippen molar-refractivity contribution in [2.45, 2.75) is 19.9 Å². The first-order valence-electron chi connectivity index (χ1n) is 5.27. The van der Waals surface area contributed by atoms with Crippen LogP contribution >= 0.6 is 0 Å². The van der Waals surface area contributed by atoms with Crippen LogP contribution in [0.25, 0.3) is 0 Å². The highest BCUT2D eigenvalue weighted by Crippen LogP contribution is 2.13. The van der Waals surface area contributed by atoms with Gasteiger partial charge in [0.15, 0.2) is 0 Å². The minimum Gasteiger partial charge on any atom is -0.508 e. The van der Waals surface area contributed by atoms with Crippen molar-refractivity contribution in [3.8, 4) is 5.75 Å². The lowest BCUT2D eigenvalue weighted by atomic mass is 10.1. The smallest absolute Gasteiger partial charge is 0.254 e. The lowest BCUT2D eigenvalue weighted by Crippen LogP contribution is -2.36. The second-order valence-corrected chi connectivity index (χ2v) is 3.89. The number of rotatable bonds is 4. The molecule has 0 saturated heterocycles. The molecule has 0 atom stereocenters. The first-order valence-corrected chi connectivity index (χ1v) is 5.27. The van der Waals surface area contributed by atoms with Crippen LogP contribution in [0.3, 0.4) is 0 Å². The molecule has 0 fully saturated rings. The first kappa shape index (κ1) is 12.3. The Kier molecular flexibility index (Phi) is 4.11. The van der Waals surface area contributed by atoms with Crippen molar-refractivity contribution in [3.05, 3.63) is 42.5 Å². The maximum absolute atomic E-state index is 12.1. The zero-order valence-electron chi connectivity index (χ0n) is 9.68. The molecule has 1 rings (SSSR count). The topological polar surface area (TPSA) is 40.5 Å². The molecule has 1 aromatic rings. The van der Waals surface area contributed by atoms with Gasteiger partial charge in [-0.2, -0.15) is 0 Å².